The third-order valence-electron chi connectivity index (χ3n) is 3.41. The Labute approximate surface area is 117 Å². The highest BCUT2D eigenvalue weighted by Crippen LogP contribution is 2.22. The molecule has 0 spiro atoms. The van der Waals surface area contributed by atoms with Gasteiger partial charge in [-0.05, 0) is 16.3 Å². The zero-order chi connectivity index (χ0) is 13.8. The van der Waals surface area contributed by atoms with Crippen LogP contribution in [-0.2, 0) is 6.54 Å². The molecule has 0 aliphatic heterocycles. The number of imidazole rings is 1. The second-order valence-electron chi connectivity index (χ2n) is 4.74. The Bertz CT molecular complexity index is 719. The van der Waals surface area contributed by atoms with E-state index in [4.69, 9.17) is 5.21 Å². The van der Waals surface area contributed by atoms with E-state index in [1.54, 1.807) is 18.7 Å². The van der Waals surface area contributed by atoms with Crippen LogP contribution in [0.3, 0.4) is 0 Å². The van der Waals surface area contributed by atoms with E-state index in [2.05, 4.69) is 40.5 Å². The lowest BCUT2D eigenvalue weighted by Gasteiger charge is -2.13. The molecule has 3 aromatic rings. The van der Waals surface area contributed by atoms with Gasteiger partial charge < -0.3 is 9.77 Å². The van der Waals surface area contributed by atoms with Crippen LogP contribution in [0.2, 0.25) is 0 Å². The summed E-state index contributed by atoms with van der Waals surface area (Å²) in [5.74, 6) is 0.0128. The quantitative estimate of drug-likeness (QED) is 0.447. The lowest BCUT2D eigenvalue weighted by molar-refractivity contribution is 0.319. The fourth-order valence-electron chi connectivity index (χ4n) is 2.38. The Morgan fingerprint density at radius 2 is 2.05 bits per heavy atom. The van der Waals surface area contributed by atoms with Gasteiger partial charge in [0.15, 0.2) is 0 Å². The zero-order valence-electron chi connectivity index (χ0n) is 10.9. The maximum atomic E-state index is 8.88. The molecule has 0 saturated heterocycles. The third-order valence-corrected chi connectivity index (χ3v) is 3.41. The van der Waals surface area contributed by atoms with E-state index in [0.29, 0.717) is 6.54 Å². The summed E-state index contributed by atoms with van der Waals surface area (Å²) >= 11 is 0. The zero-order valence-corrected chi connectivity index (χ0v) is 10.9. The van der Waals surface area contributed by atoms with Crippen molar-refractivity contribution >= 4 is 17.0 Å². The van der Waals surface area contributed by atoms with Crippen molar-refractivity contribution in [1.82, 2.24) is 9.55 Å². The van der Waals surface area contributed by atoms with Crippen molar-refractivity contribution in [2.75, 3.05) is 0 Å². The molecule has 3 rings (SSSR count). The highest BCUT2D eigenvalue weighted by atomic mass is 16.4. The van der Waals surface area contributed by atoms with Crippen molar-refractivity contribution in [2.24, 2.45) is 5.16 Å². The number of hydrogen-bond acceptors (Lipinski definition) is 3. The van der Waals surface area contributed by atoms with Gasteiger partial charge in [0.25, 0.3) is 0 Å². The number of rotatable bonds is 4. The Hall–Kier alpha value is -2.62. The molecule has 20 heavy (non-hydrogen) atoms. The van der Waals surface area contributed by atoms with E-state index in [1.807, 2.05) is 22.9 Å². The molecule has 4 nitrogen and oxygen atoms in total. The van der Waals surface area contributed by atoms with Gasteiger partial charge in [-0.2, -0.15) is 0 Å². The van der Waals surface area contributed by atoms with Crippen LogP contribution >= 0.6 is 0 Å². The molecule has 1 atom stereocenters. The minimum atomic E-state index is 0.0128. The van der Waals surface area contributed by atoms with Crippen molar-refractivity contribution in [1.29, 1.82) is 0 Å². The van der Waals surface area contributed by atoms with Gasteiger partial charge in [-0.25, -0.2) is 4.98 Å². The Morgan fingerprint density at radius 3 is 2.80 bits per heavy atom. The summed E-state index contributed by atoms with van der Waals surface area (Å²) in [7, 11) is 0. The molecule has 0 radical (unpaired) electrons. The summed E-state index contributed by atoms with van der Waals surface area (Å²) in [6.45, 7) is 0.697. The molecule has 0 fully saturated rings. The van der Waals surface area contributed by atoms with Crippen LogP contribution in [0.1, 0.15) is 11.5 Å². The normalized spacial score (nSPS) is 13.0. The van der Waals surface area contributed by atoms with E-state index in [-0.39, 0.29) is 5.92 Å². The highest BCUT2D eigenvalue weighted by Gasteiger charge is 2.11. The standard InChI is InChI=1S/C16H15N3O/c20-18-10-16(11-19-8-7-17-12-19)15-6-5-13-3-1-2-4-14(13)9-15/h1-10,12,16,20H,11H2. The summed E-state index contributed by atoms with van der Waals surface area (Å²) in [6, 6.07) is 14.5. The molecule has 2 aromatic carbocycles. The number of hydrogen-bond donors (Lipinski definition) is 1. The van der Waals surface area contributed by atoms with Crippen molar-refractivity contribution < 1.29 is 5.21 Å². The first-order valence-corrected chi connectivity index (χ1v) is 6.49. The molecule has 4 heteroatoms. The van der Waals surface area contributed by atoms with Crippen molar-refractivity contribution in [3.8, 4) is 0 Å². The topological polar surface area (TPSA) is 50.4 Å². The van der Waals surface area contributed by atoms with Gasteiger partial charge in [-0.3, -0.25) is 0 Å². The summed E-state index contributed by atoms with van der Waals surface area (Å²) < 4.78 is 1.97. The van der Waals surface area contributed by atoms with E-state index < -0.39 is 0 Å². The van der Waals surface area contributed by atoms with E-state index in [9.17, 15) is 0 Å². The smallest absolute Gasteiger partial charge is 0.0946 e. The molecule has 0 aliphatic rings. The molecule has 1 unspecified atom stereocenters. The highest BCUT2D eigenvalue weighted by molar-refractivity contribution is 5.84. The van der Waals surface area contributed by atoms with E-state index >= 15 is 0 Å². The van der Waals surface area contributed by atoms with Gasteiger partial charge in [-0.1, -0.05) is 42.5 Å². The van der Waals surface area contributed by atoms with E-state index in [1.165, 1.54) is 10.8 Å². The minimum Gasteiger partial charge on any atom is -0.411 e. The predicted octanol–water partition coefficient (Wildman–Crippen LogP) is 3.28. The van der Waals surface area contributed by atoms with Crippen LogP contribution in [-0.4, -0.2) is 21.0 Å². The van der Waals surface area contributed by atoms with Crippen LogP contribution in [0.5, 0.6) is 0 Å². The van der Waals surface area contributed by atoms with Gasteiger partial charge >= 0.3 is 0 Å². The third kappa shape index (κ3) is 2.54. The number of nitrogens with zero attached hydrogens (tertiary/aromatic N) is 3. The van der Waals surface area contributed by atoms with Gasteiger partial charge in [0, 0.05) is 24.9 Å². The molecular formula is C16H15N3O. The number of oxime groups is 1. The first-order valence-electron chi connectivity index (χ1n) is 6.49. The molecule has 1 heterocycles. The fraction of sp³-hybridized carbons (Fsp3) is 0.125. The first-order chi connectivity index (χ1) is 9.86. The largest absolute Gasteiger partial charge is 0.411 e. The summed E-state index contributed by atoms with van der Waals surface area (Å²) in [6.07, 6.45) is 6.97. The average molecular weight is 265 g/mol. The van der Waals surface area contributed by atoms with Gasteiger partial charge in [0.2, 0.25) is 0 Å². The maximum absolute atomic E-state index is 8.88. The monoisotopic (exact) mass is 265 g/mol. The summed E-state index contributed by atoms with van der Waals surface area (Å²) in [4.78, 5) is 4.03. The van der Waals surface area contributed by atoms with Crippen LogP contribution in [0.4, 0.5) is 0 Å². The lowest BCUT2D eigenvalue weighted by Crippen LogP contribution is -2.09. The van der Waals surface area contributed by atoms with Crippen LogP contribution < -0.4 is 0 Å². The molecule has 1 aromatic heterocycles. The van der Waals surface area contributed by atoms with Gasteiger partial charge in [0.1, 0.15) is 0 Å². The second kappa shape index (κ2) is 5.57. The first kappa shape index (κ1) is 12.4. The Morgan fingerprint density at radius 1 is 1.20 bits per heavy atom. The number of aromatic nitrogens is 2. The Balaban J connectivity index is 1.96. The van der Waals surface area contributed by atoms with Gasteiger partial charge in [0.05, 0.1) is 12.5 Å². The molecule has 1 N–H and O–H groups in total. The number of benzene rings is 2. The molecular weight excluding hydrogens is 250 g/mol. The SMILES string of the molecule is ON=CC(Cn1ccnc1)c1ccc2ccccc2c1. The van der Waals surface area contributed by atoms with Crippen molar-refractivity contribution in [2.45, 2.75) is 12.5 Å². The Kier molecular flexibility index (Phi) is 3.46. The van der Waals surface area contributed by atoms with Crippen LogP contribution in [0, 0.1) is 0 Å². The maximum Gasteiger partial charge on any atom is 0.0946 e. The number of fused-ring (bicyclic) bond motifs is 1. The average Bonchev–Trinajstić information content (AvgIpc) is 2.99. The molecule has 0 saturated carbocycles. The van der Waals surface area contributed by atoms with Crippen molar-refractivity contribution in [3.63, 3.8) is 0 Å². The van der Waals surface area contributed by atoms with Crippen LogP contribution in [0.25, 0.3) is 10.8 Å². The molecule has 100 valence electrons. The van der Waals surface area contributed by atoms with E-state index in [0.717, 1.165) is 5.56 Å². The minimum absolute atomic E-state index is 0.0128. The summed E-state index contributed by atoms with van der Waals surface area (Å²) in [5, 5.41) is 14.5. The fourth-order valence-corrected chi connectivity index (χ4v) is 2.38. The molecule has 0 aliphatic carbocycles. The second-order valence-corrected chi connectivity index (χ2v) is 4.74. The lowest BCUT2D eigenvalue weighted by atomic mass is 9.97. The summed E-state index contributed by atoms with van der Waals surface area (Å²) in [5.41, 5.74) is 1.12. The molecule has 0 amide bonds. The molecule has 0 bridgehead atoms. The van der Waals surface area contributed by atoms with Gasteiger partial charge in [-0.15, -0.1) is 5.16 Å². The van der Waals surface area contributed by atoms with Crippen molar-refractivity contribution in [3.05, 3.63) is 66.7 Å². The predicted molar refractivity (Wildman–Crippen MR) is 79.2 cm³/mol. The van der Waals surface area contributed by atoms with Crippen LogP contribution in [0.15, 0.2) is 66.3 Å².